The van der Waals surface area contributed by atoms with Crippen molar-refractivity contribution in [2.75, 3.05) is 20.1 Å². The number of nitrogens with one attached hydrogen (secondary N) is 3. The maximum absolute atomic E-state index is 12.8. The molecule has 9 nitrogen and oxygen atoms in total. The molecule has 0 saturated carbocycles. The number of carbonyl (C=O) groups is 2. The molecular formula is C24H25N7O2S. The van der Waals surface area contributed by atoms with E-state index >= 15 is 0 Å². The van der Waals surface area contributed by atoms with Gasteiger partial charge in [-0.3, -0.25) is 24.7 Å². The number of pyridine rings is 1. The van der Waals surface area contributed by atoms with E-state index in [9.17, 15) is 9.59 Å². The second-order valence-corrected chi connectivity index (χ2v) is 9.68. The smallest absolute Gasteiger partial charge is 0.269 e. The van der Waals surface area contributed by atoms with Gasteiger partial charge in [0, 0.05) is 41.9 Å². The zero-order chi connectivity index (χ0) is 23.5. The molecule has 4 heterocycles. The Balaban J connectivity index is 1.17. The maximum atomic E-state index is 12.8. The molecule has 2 unspecified atom stereocenters. The summed E-state index contributed by atoms with van der Waals surface area (Å²) in [6.45, 7) is 2.30. The first kappa shape index (κ1) is 22.3. The number of hydrogen-bond acceptors (Lipinski definition) is 7. The second kappa shape index (κ2) is 9.78. The van der Waals surface area contributed by atoms with E-state index in [2.05, 4.69) is 37.8 Å². The van der Waals surface area contributed by atoms with Gasteiger partial charge in [0.2, 0.25) is 0 Å². The SMILES string of the molecule is CN1CCC2N=C(NC(=O)c3cccc(CNC(=O)c4cc(-c5ccncc5)n[nH]4)c3)SC2C1. The molecular weight excluding hydrogens is 450 g/mol. The second-order valence-electron chi connectivity index (χ2n) is 8.45. The third-order valence-corrected chi connectivity index (χ3v) is 7.13. The molecule has 2 aliphatic rings. The third kappa shape index (κ3) is 5.02. The molecule has 2 amide bonds. The van der Waals surface area contributed by atoms with E-state index in [0.29, 0.717) is 27.4 Å². The Kier molecular flexibility index (Phi) is 6.41. The average Bonchev–Trinajstić information content (AvgIpc) is 3.50. The number of rotatable bonds is 5. The highest BCUT2D eigenvalue weighted by Crippen LogP contribution is 2.31. The highest BCUT2D eigenvalue weighted by Gasteiger charge is 2.34. The lowest BCUT2D eigenvalue weighted by atomic mass is 10.1. The van der Waals surface area contributed by atoms with Gasteiger partial charge in [-0.2, -0.15) is 5.10 Å². The van der Waals surface area contributed by atoms with Crippen LogP contribution in [0.25, 0.3) is 11.3 Å². The van der Waals surface area contributed by atoms with Crippen LogP contribution in [0, 0.1) is 0 Å². The van der Waals surface area contributed by atoms with Crippen molar-refractivity contribution in [2.24, 2.45) is 4.99 Å². The Morgan fingerprint density at radius 2 is 2.03 bits per heavy atom. The van der Waals surface area contributed by atoms with Crippen LogP contribution >= 0.6 is 11.8 Å². The molecule has 1 fully saturated rings. The first-order chi connectivity index (χ1) is 16.5. The van der Waals surface area contributed by atoms with Gasteiger partial charge in [0.1, 0.15) is 5.69 Å². The minimum atomic E-state index is -0.271. The fourth-order valence-electron chi connectivity index (χ4n) is 4.09. The predicted molar refractivity (Wildman–Crippen MR) is 132 cm³/mol. The van der Waals surface area contributed by atoms with Gasteiger partial charge in [-0.15, -0.1) is 0 Å². The van der Waals surface area contributed by atoms with E-state index < -0.39 is 0 Å². The summed E-state index contributed by atoms with van der Waals surface area (Å²) in [4.78, 5) is 36.4. The summed E-state index contributed by atoms with van der Waals surface area (Å²) < 4.78 is 0. The molecule has 10 heteroatoms. The molecule has 3 aromatic rings. The van der Waals surface area contributed by atoms with Crippen LogP contribution in [0.5, 0.6) is 0 Å². The van der Waals surface area contributed by atoms with Crippen LogP contribution in [0.15, 0.2) is 59.9 Å². The van der Waals surface area contributed by atoms with Crippen molar-refractivity contribution in [3.05, 3.63) is 71.7 Å². The number of H-pyrrole nitrogens is 1. The lowest BCUT2D eigenvalue weighted by Crippen LogP contribution is -2.40. The van der Waals surface area contributed by atoms with Gasteiger partial charge in [0.05, 0.1) is 11.7 Å². The third-order valence-electron chi connectivity index (χ3n) is 5.93. The topological polar surface area (TPSA) is 115 Å². The summed E-state index contributed by atoms with van der Waals surface area (Å²) in [6.07, 6.45) is 4.37. The van der Waals surface area contributed by atoms with Crippen LogP contribution in [-0.2, 0) is 6.54 Å². The van der Waals surface area contributed by atoms with Crippen LogP contribution in [0.2, 0.25) is 0 Å². The van der Waals surface area contributed by atoms with Crippen molar-refractivity contribution in [1.82, 2.24) is 30.7 Å². The van der Waals surface area contributed by atoms with E-state index in [1.807, 2.05) is 24.3 Å². The summed E-state index contributed by atoms with van der Waals surface area (Å²) in [5.41, 5.74) is 3.27. The Labute approximate surface area is 201 Å². The summed E-state index contributed by atoms with van der Waals surface area (Å²) in [5.74, 6) is -0.464. The summed E-state index contributed by atoms with van der Waals surface area (Å²) in [6, 6.07) is 12.9. The minimum Gasteiger partial charge on any atom is -0.347 e. The molecule has 0 spiro atoms. The standard InChI is InChI=1S/C24H25N7O2S/c1-31-10-7-18-21(14-31)34-24(27-18)28-22(32)17-4-2-3-15(11-17)13-26-23(33)20-12-19(29-30-20)16-5-8-25-9-6-16/h2-6,8-9,11-12,18,21H,7,10,13-14H2,1H3,(H,26,33)(H,29,30)(H,27,28,32). The number of hydrogen-bond donors (Lipinski definition) is 3. The minimum absolute atomic E-state index is 0.193. The zero-order valence-electron chi connectivity index (χ0n) is 18.7. The number of aromatic nitrogens is 3. The Morgan fingerprint density at radius 1 is 1.18 bits per heavy atom. The van der Waals surface area contributed by atoms with Gasteiger partial charge in [-0.25, -0.2) is 0 Å². The van der Waals surface area contributed by atoms with Gasteiger partial charge >= 0.3 is 0 Å². The van der Waals surface area contributed by atoms with Gasteiger partial charge in [-0.1, -0.05) is 23.9 Å². The van der Waals surface area contributed by atoms with Crippen molar-refractivity contribution in [3.63, 3.8) is 0 Å². The molecule has 0 radical (unpaired) electrons. The highest BCUT2D eigenvalue weighted by atomic mass is 32.2. The van der Waals surface area contributed by atoms with Gasteiger partial charge in [-0.05, 0) is 55.9 Å². The van der Waals surface area contributed by atoms with Gasteiger partial charge in [0.15, 0.2) is 5.17 Å². The molecule has 3 N–H and O–H groups in total. The van der Waals surface area contributed by atoms with E-state index in [0.717, 1.165) is 30.6 Å². The molecule has 34 heavy (non-hydrogen) atoms. The van der Waals surface area contributed by atoms with E-state index in [1.54, 1.807) is 42.4 Å². The molecule has 0 bridgehead atoms. The van der Waals surface area contributed by atoms with Crippen LogP contribution in [0.3, 0.4) is 0 Å². The normalized spacial score (nSPS) is 19.9. The molecule has 2 atom stereocenters. The molecule has 5 rings (SSSR count). The Bertz CT molecular complexity index is 1230. The predicted octanol–water partition coefficient (Wildman–Crippen LogP) is 2.31. The van der Waals surface area contributed by atoms with E-state index in [-0.39, 0.29) is 24.4 Å². The van der Waals surface area contributed by atoms with Crippen LogP contribution in [-0.4, -0.2) is 68.5 Å². The molecule has 2 aromatic heterocycles. The number of benzene rings is 1. The first-order valence-electron chi connectivity index (χ1n) is 11.1. The molecule has 0 aliphatic carbocycles. The highest BCUT2D eigenvalue weighted by molar-refractivity contribution is 8.14. The Hall–Kier alpha value is -3.50. The Morgan fingerprint density at radius 3 is 2.88 bits per heavy atom. The largest absolute Gasteiger partial charge is 0.347 e. The summed E-state index contributed by atoms with van der Waals surface area (Å²) in [5, 5.41) is 13.9. The number of fused-ring (bicyclic) bond motifs is 1. The van der Waals surface area contributed by atoms with E-state index in [4.69, 9.17) is 4.99 Å². The van der Waals surface area contributed by atoms with Crippen molar-refractivity contribution in [3.8, 4) is 11.3 Å². The average molecular weight is 476 g/mol. The number of thioether (sulfide) groups is 1. The fourth-order valence-corrected chi connectivity index (χ4v) is 5.40. The van der Waals surface area contributed by atoms with Gasteiger partial charge in [0.25, 0.3) is 11.8 Å². The van der Waals surface area contributed by atoms with Crippen LogP contribution < -0.4 is 10.6 Å². The lowest BCUT2D eigenvalue weighted by Gasteiger charge is -2.29. The number of likely N-dealkylation sites (tertiary alicyclic amines) is 1. The zero-order valence-corrected chi connectivity index (χ0v) is 19.5. The summed E-state index contributed by atoms with van der Waals surface area (Å²) in [7, 11) is 2.11. The fraction of sp³-hybridized carbons (Fsp3) is 0.292. The van der Waals surface area contributed by atoms with E-state index in [1.165, 1.54) is 0 Å². The quantitative estimate of drug-likeness (QED) is 0.522. The first-order valence-corrected chi connectivity index (χ1v) is 12.0. The van der Waals surface area contributed by atoms with Crippen molar-refractivity contribution in [1.29, 1.82) is 0 Å². The number of aromatic amines is 1. The molecule has 2 aliphatic heterocycles. The molecule has 1 aromatic carbocycles. The maximum Gasteiger partial charge on any atom is 0.269 e. The van der Waals surface area contributed by atoms with Gasteiger partial charge < -0.3 is 15.5 Å². The van der Waals surface area contributed by atoms with Crippen molar-refractivity contribution >= 4 is 28.7 Å². The lowest BCUT2D eigenvalue weighted by molar-refractivity contribution is 0.0945. The number of aliphatic imine (C=N–C) groups is 1. The summed E-state index contributed by atoms with van der Waals surface area (Å²) >= 11 is 1.64. The number of amidine groups is 1. The number of nitrogens with zero attached hydrogens (tertiary/aromatic N) is 4. The van der Waals surface area contributed by atoms with Crippen LogP contribution in [0.4, 0.5) is 0 Å². The molecule has 1 saturated heterocycles. The molecule has 174 valence electrons. The monoisotopic (exact) mass is 475 g/mol. The van der Waals surface area contributed by atoms with Crippen LogP contribution in [0.1, 0.15) is 32.8 Å². The number of piperidine rings is 1. The number of amides is 2. The van der Waals surface area contributed by atoms with Crippen molar-refractivity contribution < 1.29 is 9.59 Å². The number of carbonyl (C=O) groups excluding carboxylic acids is 2. The van der Waals surface area contributed by atoms with Crippen molar-refractivity contribution in [2.45, 2.75) is 24.3 Å².